The molecular weight excluding hydrogens is 208 g/mol. The molecule has 0 amide bonds. The summed E-state index contributed by atoms with van der Waals surface area (Å²) in [5, 5.41) is 0. The summed E-state index contributed by atoms with van der Waals surface area (Å²) in [6.07, 6.45) is 2.93. The zero-order valence-corrected chi connectivity index (χ0v) is 9.84. The van der Waals surface area contributed by atoms with Crippen LogP contribution in [-0.4, -0.2) is 0 Å². The van der Waals surface area contributed by atoms with Gasteiger partial charge in [-0.3, -0.25) is 0 Å². The molecule has 1 aromatic rings. The minimum absolute atomic E-state index is 0.200. The zero-order valence-electron chi connectivity index (χ0n) is 9.84. The Labute approximate surface area is 95.7 Å². The molecule has 90 valence electrons. The van der Waals surface area contributed by atoms with Crippen LogP contribution >= 0.6 is 0 Å². The molecule has 2 N–H and O–H groups in total. The average molecular weight is 227 g/mol. The van der Waals surface area contributed by atoms with Crippen molar-refractivity contribution in [2.45, 2.75) is 39.2 Å². The largest absolute Gasteiger partial charge is 0.324 e. The molecule has 0 fully saturated rings. The van der Waals surface area contributed by atoms with Gasteiger partial charge in [0.05, 0.1) is 0 Å². The molecule has 0 bridgehead atoms. The highest BCUT2D eigenvalue weighted by molar-refractivity contribution is 5.20. The average Bonchev–Trinajstić information content (AvgIpc) is 2.21. The quantitative estimate of drug-likeness (QED) is 0.813. The van der Waals surface area contributed by atoms with Gasteiger partial charge in [-0.2, -0.15) is 0 Å². The summed E-state index contributed by atoms with van der Waals surface area (Å²) in [5.41, 5.74) is 6.58. The third kappa shape index (κ3) is 3.89. The SMILES string of the molecule is CC(C)CCCC(N)c1ccc(F)c(F)c1. The van der Waals surface area contributed by atoms with Gasteiger partial charge in [0.25, 0.3) is 0 Å². The minimum atomic E-state index is -0.822. The number of rotatable bonds is 5. The van der Waals surface area contributed by atoms with Crippen LogP contribution in [0.5, 0.6) is 0 Å². The highest BCUT2D eigenvalue weighted by Gasteiger charge is 2.09. The molecule has 1 atom stereocenters. The summed E-state index contributed by atoms with van der Waals surface area (Å²) < 4.78 is 25.7. The molecule has 1 nitrogen and oxygen atoms in total. The predicted molar refractivity (Wildman–Crippen MR) is 62.0 cm³/mol. The van der Waals surface area contributed by atoms with Crippen molar-refractivity contribution in [2.24, 2.45) is 11.7 Å². The van der Waals surface area contributed by atoms with Crippen LogP contribution in [0.25, 0.3) is 0 Å². The van der Waals surface area contributed by atoms with Crippen molar-refractivity contribution in [3.05, 3.63) is 35.4 Å². The van der Waals surface area contributed by atoms with E-state index in [1.165, 1.54) is 6.07 Å². The standard InChI is InChI=1S/C13H19F2N/c1-9(2)4-3-5-13(16)10-6-7-11(14)12(15)8-10/h6-9,13H,3-5,16H2,1-2H3. The van der Waals surface area contributed by atoms with Crippen molar-refractivity contribution in [1.29, 1.82) is 0 Å². The number of hydrogen-bond donors (Lipinski definition) is 1. The first-order valence-corrected chi connectivity index (χ1v) is 5.71. The van der Waals surface area contributed by atoms with Crippen molar-refractivity contribution < 1.29 is 8.78 Å². The lowest BCUT2D eigenvalue weighted by Crippen LogP contribution is -2.11. The molecule has 1 unspecified atom stereocenters. The Morgan fingerprint density at radius 3 is 2.38 bits per heavy atom. The van der Waals surface area contributed by atoms with Crippen molar-refractivity contribution in [1.82, 2.24) is 0 Å². The third-order valence-corrected chi connectivity index (χ3v) is 2.67. The molecular formula is C13H19F2N. The summed E-state index contributed by atoms with van der Waals surface area (Å²) in [7, 11) is 0. The van der Waals surface area contributed by atoms with Crippen LogP contribution in [0.2, 0.25) is 0 Å². The maximum Gasteiger partial charge on any atom is 0.159 e. The summed E-state index contributed by atoms with van der Waals surface area (Å²) >= 11 is 0. The normalized spacial score (nSPS) is 13.1. The van der Waals surface area contributed by atoms with E-state index in [4.69, 9.17) is 5.73 Å². The lowest BCUT2D eigenvalue weighted by Gasteiger charge is -2.13. The van der Waals surface area contributed by atoms with E-state index in [1.54, 1.807) is 6.07 Å². The molecule has 0 spiro atoms. The summed E-state index contributed by atoms with van der Waals surface area (Å²) in [4.78, 5) is 0. The van der Waals surface area contributed by atoms with E-state index < -0.39 is 11.6 Å². The van der Waals surface area contributed by atoms with Crippen molar-refractivity contribution in [3.8, 4) is 0 Å². The van der Waals surface area contributed by atoms with Crippen LogP contribution in [0.1, 0.15) is 44.7 Å². The van der Waals surface area contributed by atoms with E-state index in [9.17, 15) is 8.78 Å². The second-order valence-corrected chi connectivity index (χ2v) is 4.60. The Hall–Kier alpha value is -0.960. The van der Waals surface area contributed by atoms with Gasteiger partial charge in [0.1, 0.15) is 0 Å². The Morgan fingerprint density at radius 1 is 1.12 bits per heavy atom. The maximum absolute atomic E-state index is 13.0. The maximum atomic E-state index is 13.0. The molecule has 0 aliphatic heterocycles. The summed E-state index contributed by atoms with van der Waals surface area (Å²) in [6.45, 7) is 4.31. The van der Waals surface area contributed by atoms with Crippen molar-refractivity contribution >= 4 is 0 Å². The van der Waals surface area contributed by atoms with Gasteiger partial charge in [-0.05, 0) is 30.0 Å². The van der Waals surface area contributed by atoms with Crippen LogP contribution in [0.15, 0.2) is 18.2 Å². The Balaban J connectivity index is 2.52. The van der Waals surface area contributed by atoms with E-state index in [2.05, 4.69) is 13.8 Å². The Bertz CT molecular complexity index is 337. The van der Waals surface area contributed by atoms with Crippen LogP contribution in [0.4, 0.5) is 8.78 Å². The highest BCUT2D eigenvalue weighted by atomic mass is 19.2. The molecule has 3 heteroatoms. The molecule has 0 aromatic heterocycles. The van der Waals surface area contributed by atoms with Crippen molar-refractivity contribution in [3.63, 3.8) is 0 Å². The highest BCUT2D eigenvalue weighted by Crippen LogP contribution is 2.20. The molecule has 0 aliphatic carbocycles. The molecule has 0 radical (unpaired) electrons. The van der Waals surface area contributed by atoms with Crippen LogP contribution in [-0.2, 0) is 0 Å². The van der Waals surface area contributed by atoms with E-state index in [0.717, 1.165) is 25.3 Å². The van der Waals surface area contributed by atoms with Crippen LogP contribution < -0.4 is 5.73 Å². The van der Waals surface area contributed by atoms with Gasteiger partial charge in [-0.25, -0.2) is 8.78 Å². The molecule has 1 rings (SSSR count). The molecule has 1 aromatic carbocycles. The second kappa shape index (κ2) is 5.94. The third-order valence-electron chi connectivity index (χ3n) is 2.67. The first kappa shape index (κ1) is 13.1. The zero-order chi connectivity index (χ0) is 12.1. The number of halogens is 2. The fraction of sp³-hybridized carbons (Fsp3) is 0.538. The Kier molecular flexibility index (Phi) is 4.87. The number of benzene rings is 1. The molecule has 0 saturated carbocycles. The van der Waals surface area contributed by atoms with Gasteiger partial charge in [0, 0.05) is 6.04 Å². The van der Waals surface area contributed by atoms with Gasteiger partial charge >= 0.3 is 0 Å². The molecule has 0 saturated heterocycles. The number of nitrogens with two attached hydrogens (primary N) is 1. The Morgan fingerprint density at radius 2 is 1.81 bits per heavy atom. The van der Waals surface area contributed by atoms with Crippen molar-refractivity contribution in [2.75, 3.05) is 0 Å². The van der Waals surface area contributed by atoms with E-state index in [0.29, 0.717) is 11.5 Å². The second-order valence-electron chi connectivity index (χ2n) is 4.60. The fourth-order valence-electron chi connectivity index (χ4n) is 1.66. The molecule has 0 aliphatic rings. The predicted octanol–water partition coefficient (Wildman–Crippen LogP) is 3.79. The number of hydrogen-bond acceptors (Lipinski definition) is 1. The monoisotopic (exact) mass is 227 g/mol. The van der Waals surface area contributed by atoms with Crippen LogP contribution in [0.3, 0.4) is 0 Å². The van der Waals surface area contributed by atoms with E-state index >= 15 is 0 Å². The summed E-state index contributed by atoms with van der Waals surface area (Å²) in [6, 6.07) is 3.68. The molecule has 16 heavy (non-hydrogen) atoms. The lowest BCUT2D eigenvalue weighted by atomic mass is 9.99. The smallest absolute Gasteiger partial charge is 0.159 e. The minimum Gasteiger partial charge on any atom is -0.324 e. The van der Waals surface area contributed by atoms with Crippen LogP contribution in [0, 0.1) is 17.6 Å². The van der Waals surface area contributed by atoms with E-state index in [-0.39, 0.29) is 6.04 Å². The van der Waals surface area contributed by atoms with E-state index in [1.807, 2.05) is 0 Å². The van der Waals surface area contributed by atoms with Gasteiger partial charge in [0.2, 0.25) is 0 Å². The first-order valence-electron chi connectivity index (χ1n) is 5.71. The van der Waals surface area contributed by atoms with Gasteiger partial charge < -0.3 is 5.73 Å². The lowest BCUT2D eigenvalue weighted by molar-refractivity contribution is 0.492. The van der Waals surface area contributed by atoms with Gasteiger partial charge in [0.15, 0.2) is 11.6 Å². The molecule has 0 heterocycles. The van der Waals surface area contributed by atoms with Gasteiger partial charge in [-0.1, -0.05) is 32.8 Å². The fourth-order valence-corrected chi connectivity index (χ4v) is 1.66. The summed E-state index contributed by atoms with van der Waals surface area (Å²) in [5.74, 6) is -0.993. The topological polar surface area (TPSA) is 26.0 Å². The first-order chi connectivity index (χ1) is 7.50. The van der Waals surface area contributed by atoms with Gasteiger partial charge in [-0.15, -0.1) is 0 Å².